The van der Waals surface area contributed by atoms with Gasteiger partial charge in [-0.3, -0.25) is 9.59 Å². The van der Waals surface area contributed by atoms with Crippen molar-refractivity contribution in [2.45, 2.75) is 315 Å². The fourth-order valence-electron chi connectivity index (χ4n) is 8.73. The topological polar surface area (TPSA) is 95.9 Å². The number of hydrogen-bond donors (Lipinski definition) is 3. The maximum atomic E-state index is 13.3. The first-order chi connectivity index (χ1) is 32.5. The molecule has 386 valence electrons. The van der Waals surface area contributed by atoms with Crippen LogP contribution in [0.2, 0.25) is 0 Å². The van der Waals surface area contributed by atoms with E-state index in [9.17, 15) is 19.8 Å². The summed E-state index contributed by atoms with van der Waals surface area (Å²) in [4.78, 5) is 26.3. The molecule has 0 bridgehead atoms. The van der Waals surface area contributed by atoms with Crippen LogP contribution in [0.1, 0.15) is 297 Å². The Balaban J connectivity index is 4.58. The number of aliphatic hydroxyl groups is 2. The standard InChI is InChI=1S/C60H111NO5/c1-4-7-10-13-16-19-22-25-27-28-29-30-32-35-38-41-44-47-50-53-60(65)66-56(51-48-45-42-39-36-34-31-26-23-20-17-14-11-8-5-2)54-59(64)61-57(55-62)58(63)52-49-46-43-40-37-33-24-21-18-15-12-9-6-3/h17,20,25-27,31,36,39,56-58,62-63H,4-16,18-19,21-24,28-30,32-35,37-38,40-55H2,1-3H3,(H,61,64)/b20-17-,27-25+,31-26-,39-36-. The van der Waals surface area contributed by atoms with E-state index in [1.54, 1.807) is 0 Å². The monoisotopic (exact) mass is 926 g/mol. The Morgan fingerprint density at radius 2 is 0.773 bits per heavy atom. The second kappa shape index (κ2) is 53.8. The molecule has 0 aromatic rings. The van der Waals surface area contributed by atoms with Gasteiger partial charge in [-0.05, 0) is 89.9 Å². The van der Waals surface area contributed by atoms with Gasteiger partial charge < -0.3 is 20.3 Å². The molecule has 0 heterocycles. The summed E-state index contributed by atoms with van der Waals surface area (Å²) < 4.78 is 5.94. The molecule has 0 aromatic carbocycles. The molecule has 0 radical (unpaired) electrons. The summed E-state index contributed by atoms with van der Waals surface area (Å²) in [5, 5.41) is 23.8. The zero-order valence-corrected chi connectivity index (χ0v) is 44.1. The Bertz CT molecular complexity index is 1130. The molecule has 0 aromatic heterocycles. The fraction of sp³-hybridized carbons (Fsp3) is 0.833. The van der Waals surface area contributed by atoms with E-state index in [0.717, 1.165) is 70.6 Å². The predicted octanol–water partition coefficient (Wildman–Crippen LogP) is 17.8. The first kappa shape index (κ1) is 63.8. The van der Waals surface area contributed by atoms with Gasteiger partial charge in [0.05, 0.1) is 25.2 Å². The summed E-state index contributed by atoms with van der Waals surface area (Å²) in [5.41, 5.74) is 0. The van der Waals surface area contributed by atoms with E-state index in [0.29, 0.717) is 19.3 Å². The van der Waals surface area contributed by atoms with E-state index >= 15 is 0 Å². The van der Waals surface area contributed by atoms with Gasteiger partial charge in [0.25, 0.3) is 0 Å². The van der Waals surface area contributed by atoms with Crippen LogP contribution in [0, 0.1) is 0 Å². The molecular formula is C60H111NO5. The van der Waals surface area contributed by atoms with Gasteiger partial charge in [0.15, 0.2) is 0 Å². The molecule has 0 aliphatic rings. The minimum atomic E-state index is -0.798. The molecule has 3 N–H and O–H groups in total. The highest BCUT2D eigenvalue weighted by Crippen LogP contribution is 2.18. The number of carbonyl (C=O) groups excluding carboxylic acids is 2. The highest BCUT2D eigenvalue weighted by molar-refractivity contribution is 5.77. The number of carbonyl (C=O) groups is 2. The van der Waals surface area contributed by atoms with Crippen LogP contribution >= 0.6 is 0 Å². The molecule has 0 aliphatic carbocycles. The second-order valence-electron chi connectivity index (χ2n) is 19.7. The number of allylic oxidation sites excluding steroid dienone is 8. The average Bonchev–Trinajstić information content (AvgIpc) is 3.31. The summed E-state index contributed by atoms with van der Waals surface area (Å²) in [5.74, 6) is -0.504. The molecule has 0 saturated carbocycles. The molecule has 3 unspecified atom stereocenters. The van der Waals surface area contributed by atoms with Crippen LogP contribution in [-0.2, 0) is 14.3 Å². The SMILES string of the molecule is CCCCC/C=C\C/C=C\C/C=C\CCCCC(CC(=O)NC(CO)C(O)CCCCCCCCCCCCCCC)OC(=O)CCCCCCCCCCC/C=C/CCCCCCCC. The van der Waals surface area contributed by atoms with Gasteiger partial charge in [0.1, 0.15) is 6.10 Å². The quantitative estimate of drug-likeness (QED) is 0.0321. The van der Waals surface area contributed by atoms with E-state index in [1.165, 1.54) is 180 Å². The van der Waals surface area contributed by atoms with Crippen molar-refractivity contribution in [3.63, 3.8) is 0 Å². The van der Waals surface area contributed by atoms with Gasteiger partial charge in [-0.25, -0.2) is 0 Å². The van der Waals surface area contributed by atoms with Crippen molar-refractivity contribution in [2.75, 3.05) is 6.61 Å². The van der Waals surface area contributed by atoms with Crippen molar-refractivity contribution in [1.29, 1.82) is 0 Å². The zero-order valence-electron chi connectivity index (χ0n) is 44.1. The second-order valence-corrected chi connectivity index (χ2v) is 19.7. The number of unbranched alkanes of at least 4 members (excludes halogenated alkanes) is 32. The van der Waals surface area contributed by atoms with Crippen LogP contribution in [0.5, 0.6) is 0 Å². The summed E-state index contributed by atoms with van der Waals surface area (Å²) >= 11 is 0. The van der Waals surface area contributed by atoms with Crippen LogP contribution in [-0.4, -0.2) is 46.9 Å². The predicted molar refractivity (Wildman–Crippen MR) is 287 cm³/mol. The highest BCUT2D eigenvalue weighted by atomic mass is 16.5. The number of aliphatic hydroxyl groups excluding tert-OH is 2. The van der Waals surface area contributed by atoms with Crippen LogP contribution < -0.4 is 5.32 Å². The van der Waals surface area contributed by atoms with Crippen molar-refractivity contribution >= 4 is 11.9 Å². The van der Waals surface area contributed by atoms with Crippen molar-refractivity contribution < 1.29 is 24.5 Å². The van der Waals surface area contributed by atoms with Gasteiger partial charge in [-0.2, -0.15) is 0 Å². The van der Waals surface area contributed by atoms with E-state index in [-0.39, 0.29) is 24.9 Å². The van der Waals surface area contributed by atoms with Gasteiger partial charge >= 0.3 is 5.97 Å². The lowest BCUT2D eigenvalue weighted by atomic mass is 10.0. The number of esters is 1. The van der Waals surface area contributed by atoms with E-state index in [1.807, 2.05) is 0 Å². The van der Waals surface area contributed by atoms with Crippen molar-refractivity contribution in [3.05, 3.63) is 48.6 Å². The number of ether oxygens (including phenoxy) is 1. The Morgan fingerprint density at radius 3 is 1.23 bits per heavy atom. The Hall–Kier alpha value is -2.18. The highest BCUT2D eigenvalue weighted by Gasteiger charge is 2.24. The van der Waals surface area contributed by atoms with Crippen molar-refractivity contribution in [1.82, 2.24) is 5.32 Å². The van der Waals surface area contributed by atoms with Crippen LogP contribution in [0.15, 0.2) is 48.6 Å². The lowest BCUT2D eigenvalue weighted by Gasteiger charge is -2.24. The molecule has 6 nitrogen and oxygen atoms in total. The van der Waals surface area contributed by atoms with E-state index < -0.39 is 18.2 Å². The van der Waals surface area contributed by atoms with Gasteiger partial charge in [-0.15, -0.1) is 0 Å². The summed E-state index contributed by atoms with van der Waals surface area (Å²) in [6.07, 6.45) is 66.0. The molecule has 0 fully saturated rings. The summed E-state index contributed by atoms with van der Waals surface area (Å²) in [6.45, 7) is 6.46. The van der Waals surface area contributed by atoms with Crippen LogP contribution in [0.25, 0.3) is 0 Å². The van der Waals surface area contributed by atoms with Crippen LogP contribution in [0.4, 0.5) is 0 Å². The summed E-state index contributed by atoms with van der Waals surface area (Å²) in [6, 6.07) is -0.714. The Morgan fingerprint density at radius 1 is 0.439 bits per heavy atom. The normalized spacial score (nSPS) is 13.5. The number of amides is 1. The first-order valence-electron chi connectivity index (χ1n) is 28.9. The third-order valence-electron chi connectivity index (χ3n) is 13.1. The smallest absolute Gasteiger partial charge is 0.306 e. The first-order valence-corrected chi connectivity index (χ1v) is 28.9. The lowest BCUT2D eigenvalue weighted by Crippen LogP contribution is -2.46. The molecule has 0 spiro atoms. The molecule has 0 aliphatic heterocycles. The Kier molecular flexibility index (Phi) is 52.0. The molecule has 0 saturated heterocycles. The van der Waals surface area contributed by atoms with Gasteiger partial charge in [0, 0.05) is 6.42 Å². The third kappa shape index (κ3) is 48.3. The molecule has 1 amide bonds. The number of hydrogen-bond acceptors (Lipinski definition) is 5. The van der Waals surface area contributed by atoms with Gasteiger partial charge in [0.2, 0.25) is 5.91 Å². The molecule has 3 atom stereocenters. The minimum absolute atomic E-state index is 0.0524. The fourth-order valence-corrected chi connectivity index (χ4v) is 8.73. The summed E-state index contributed by atoms with van der Waals surface area (Å²) in [7, 11) is 0. The van der Waals surface area contributed by atoms with Gasteiger partial charge in [-0.1, -0.05) is 243 Å². The molecule has 0 rings (SSSR count). The number of nitrogens with one attached hydrogen (secondary N) is 1. The molecule has 6 heteroatoms. The van der Waals surface area contributed by atoms with E-state index in [2.05, 4.69) is 74.7 Å². The van der Waals surface area contributed by atoms with Crippen molar-refractivity contribution in [3.8, 4) is 0 Å². The lowest BCUT2D eigenvalue weighted by molar-refractivity contribution is -0.151. The maximum absolute atomic E-state index is 13.3. The number of rotatable bonds is 52. The zero-order chi connectivity index (χ0) is 48.1. The molecular weight excluding hydrogens is 815 g/mol. The largest absolute Gasteiger partial charge is 0.462 e. The Labute approximate surface area is 410 Å². The molecule has 66 heavy (non-hydrogen) atoms. The van der Waals surface area contributed by atoms with E-state index in [4.69, 9.17) is 4.74 Å². The van der Waals surface area contributed by atoms with Crippen LogP contribution in [0.3, 0.4) is 0 Å². The third-order valence-corrected chi connectivity index (χ3v) is 13.1. The minimum Gasteiger partial charge on any atom is -0.462 e. The maximum Gasteiger partial charge on any atom is 0.306 e. The average molecular weight is 927 g/mol. The van der Waals surface area contributed by atoms with Crippen molar-refractivity contribution in [2.24, 2.45) is 0 Å².